The monoisotopic (exact) mass is 312 g/mol. The van der Waals surface area contributed by atoms with Gasteiger partial charge in [-0.05, 0) is 56.9 Å². The van der Waals surface area contributed by atoms with E-state index in [2.05, 4.69) is 5.32 Å². The number of nitrogens with two attached hydrogens (primary N) is 1. The molecule has 1 aromatic rings. The van der Waals surface area contributed by atoms with E-state index in [4.69, 9.17) is 17.3 Å². The summed E-state index contributed by atoms with van der Waals surface area (Å²) in [5.41, 5.74) is 5.87. The van der Waals surface area contributed by atoms with Crippen LogP contribution in [0.4, 0.5) is 0 Å². The Hall–Kier alpha value is -0.710. The molecule has 1 atom stereocenters. The third kappa shape index (κ3) is 4.69. The zero-order valence-corrected chi connectivity index (χ0v) is 13.2. The lowest BCUT2D eigenvalue weighted by Crippen LogP contribution is -2.43. The Bertz CT molecular complexity index is 444. The number of halogens is 1. The van der Waals surface area contributed by atoms with Crippen LogP contribution in [0.5, 0.6) is 0 Å². The quantitative estimate of drug-likeness (QED) is 0.839. The minimum Gasteiger partial charge on any atom is -0.352 e. The van der Waals surface area contributed by atoms with Gasteiger partial charge in [-0.15, -0.1) is 11.8 Å². The van der Waals surface area contributed by atoms with E-state index in [0.29, 0.717) is 11.1 Å². The summed E-state index contributed by atoms with van der Waals surface area (Å²) in [6.45, 7) is 1.93. The molecule has 3 nitrogen and oxygen atoms in total. The highest BCUT2D eigenvalue weighted by molar-refractivity contribution is 8.00. The second-order valence-corrected chi connectivity index (χ2v) is 7.18. The van der Waals surface area contributed by atoms with Crippen molar-refractivity contribution in [1.82, 2.24) is 5.32 Å². The maximum atomic E-state index is 12.2. The smallest absolute Gasteiger partial charge is 0.233 e. The standard InChI is InChI=1S/C15H21ClN2OS/c1-10(20-14-8-2-11(16)3-9-14)15(19)18-13-6-4-12(17)5-7-13/h2-3,8-10,12-13H,4-7,17H2,1H3,(H,18,19). The van der Waals surface area contributed by atoms with Crippen molar-refractivity contribution in [3.05, 3.63) is 29.3 Å². The number of carbonyl (C=O) groups excluding carboxylic acids is 1. The van der Waals surface area contributed by atoms with Gasteiger partial charge < -0.3 is 11.1 Å². The van der Waals surface area contributed by atoms with Crippen LogP contribution in [0.2, 0.25) is 5.02 Å². The van der Waals surface area contributed by atoms with Crippen molar-refractivity contribution in [2.24, 2.45) is 5.73 Å². The summed E-state index contributed by atoms with van der Waals surface area (Å²) in [6, 6.07) is 8.17. The molecule has 0 heterocycles. The van der Waals surface area contributed by atoms with Crippen molar-refractivity contribution >= 4 is 29.3 Å². The Labute approximate surface area is 129 Å². The van der Waals surface area contributed by atoms with E-state index >= 15 is 0 Å². The fourth-order valence-electron chi connectivity index (χ4n) is 2.35. The van der Waals surface area contributed by atoms with Gasteiger partial charge in [0, 0.05) is 22.0 Å². The van der Waals surface area contributed by atoms with Gasteiger partial charge in [0.05, 0.1) is 5.25 Å². The average molecular weight is 313 g/mol. The molecule has 2 rings (SSSR count). The van der Waals surface area contributed by atoms with Gasteiger partial charge in [0.25, 0.3) is 0 Å². The van der Waals surface area contributed by atoms with Gasteiger partial charge in [-0.1, -0.05) is 11.6 Å². The highest BCUT2D eigenvalue weighted by Crippen LogP contribution is 2.25. The lowest BCUT2D eigenvalue weighted by atomic mass is 9.92. The molecule has 0 radical (unpaired) electrons. The molecule has 3 N–H and O–H groups in total. The highest BCUT2D eigenvalue weighted by Gasteiger charge is 2.22. The van der Waals surface area contributed by atoms with Gasteiger partial charge in [0.1, 0.15) is 0 Å². The highest BCUT2D eigenvalue weighted by atomic mass is 35.5. The zero-order valence-electron chi connectivity index (χ0n) is 11.6. The fraction of sp³-hybridized carbons (Fsp3) is 0.533. The van der Waals surface area contributed by atoms with Crippen molar-refractivity contribution < 1.29 is 4.79 Å². The molecule has 0 spiro atoms. The second kappa shape index (κ2) is 7.34. The molecule has 1 saturated carbocycles. The Morgan fingerprint density at radius 2 is 1.90 bits per heavy atom. The summed E-state index contributed by atoms with van der Waals surface area (Å²) in [5, 5.41) is 3.74. The molecule has 1 unspecified atom stereocenters. The number of hydrogen-bond acceptors (Lipinski definition) is 3. The van der Waals surface area contributed by atoms with E-state index in [1.54, 1.807) is 11.8 Å². The molecule has 0 aliphatic heterocycles. The molecule has 1 aromatic carbocycles. The van der Waals surface area contributed by atoms with Gasteiger partial charge in [-0.3, -0.25) is 4.79 Å². The number of thioether (sulfide) groups is 1. The number of rotatable bonds is 4. The summed E-state index contributed by atoms with van der Waals surface area (Å²) < 4.78 is 0. The van der Waals surface area contributed by atoms with Crippen LogP contribution in [0.25, 0.3) is 0 Å². The molecule has 5 heteroatoms. The first kappa shape index (κ1) is 15.7. The number of carbonyl (C=O) groups is 1. The average Bonchev–Trinajstić information content (AvgIpc) is 2.44. The first-order valence-corrected chi connectivity index (χ1v) is 8.28. The Morgan fingerprint density at radius 3 is 2.50 bits per heavy atom. The Kier molecular flexibility index (Phi) is 5.75. The molecule has 1 aliphatic rings. The number of benzene rings is 1. The van der Waals surface area contributed by atoms with E-state index in [1.807, 2.05) is 31.2 Å². The largest absolute Gasteiger partial charge is 0.352 e. The molecule has 20 heavy (non-hydrogen) atoms. The van der Waals surface area contributed by atoms with Gasteiger partial charge in [0.2, 0.25) is 5.91 Å². The van der Waals surface area contributed by atoms with E-state index < -0.39 is 0 Å². The molecule has 0 bridgehead atoms. The lowest BCUT2D eigenvalue weighted by Gasteiger charge is -2.27. The summed E-state index contributed by atoms with van der Waals surface area (Å²) in [7, 11) is 0. The number of nitrogens with one attached hydrogen (secondary N) is 1. The third-order valence-corrected chi connectivity index (χ3v) is 4.98. The number of amides is 1. The van der Waals surface area contributed by atoms with Crippen LogP contribution in [0.1, 0.15) is 32.6 Å². The van der Waals surface area contributed by atoms with Crippen molar-refractivity contribution in [2.75, 3.05) is 0 Å². The van der Waals surface area contributed by atoms with Gasteiger partial charge in [-0.2, -0.15) is 0 Å². The molecule has 0 saturated heterocycles. The van der Waals surface area contributed by atoms with Crippen LogP contribution >= 0.6 is 23.4 Å². The molecule has 110 valence electrons. The summed E-state index contributed by atoms with van der Waals surface area (Å²) >= 11 is 7.41. The van der Waals surface area contributed by atoms with Crippen molar-refractivity contribution in [3.8, 4) is 0 Å². The van der Waals surface area contributed by atoms with E-state index in [0.717, 1.165) is 30.6 Å². The van der Waals surface area contributed by atoms with Crippen molar-refractivity contribution in [2.45, 2.75) is 54.8 Å². The Morgan fingerprint density at radius 1 is 1.30 bits per heavy atom. The zero-order chi connectivity index (χ0) is 14.5. The van der Waals surface area contributed by atoms with Crippen LogP contribution in [-0.2, 0) is 4.79 Å². The van der Waals surface area contributed by atoms with Crippen LogP contribution in [-0.4, -0.2) is 23.2 Å². The van der Waals surface area contributed by atoms with Crippen LogP contribution in [0.3, 0.4) is 0 Å². The van der Waals surface area contributed by atoms with Gasteiger partial charge in [-0.25, -0.2) is 0 Å². The van der Waals surface area contributed by atoms with Gasteiger partial charge >= 0.3 is 0 Å². The topological polar surface area (TPSA) is 55.1 Å². The fourth-order valence-corrected chi connectivity index (χ4v) is 3.36. The van der Waals surface area contributed by atoms with E-state index in [1.165, 1.54) is 0 Å². The molecular weight excluding hydrogens is 292 g/mol. The summed E-state index contributed by atoms with van der Waals surface area (Å²) in [6.07, 6.45) is 3.99. The van der Waals surface area contributed by atoms with Crippen molar-refractivity contribution in [3.63, 3.8) is 0 Å². The molecule has 1 amide bonds. The minimum absolute atomic E-state index is 0.102. The molecule has 1 aliphatic carbocycles. The van der Waals surface area contributed by atoms with E-state index in [-0.39, 0.29) is 17.2 Å². The Balaban J connectivity index is 1.81. The van der Waals surface area contributed by atoms with Crippen molar-refractivity contribution in [1.29, 1.82) is 0 Å². The molecular formula is C15H21ClN2OS. The molecule has 1 fully saturated rings. The maximum absolute atomic E-state index is 12.2. The van der Waals surface area contributed by atoms with Crippen LogP contribution in [0.15, 0.2) is 29.2 Å². The van der Waals surface area contributed by atoms with E-state index in [9.17, 15) is 4.79 Å². The molecule has 0 aromatic heterocycles. The summed E-state index contributed by atoms with van der Waals surface area (Å²) in [5.74, 6) is 0.102. The summed E-state index contributed by atoms with van der Waals surface area (Å²) in [4.78, 5) is 13.2. The predicted molar refractivity (Wildman–Crippen MR) is 85.1 cm³/mol. The van der Waals surface area contributed by atoms with Gasteiger partial charge in [0.15, 0.2) is 0 Å². The first-order valence-electron chi connectivity index (χ1n) is 7.03. The SMILES string of the molecule is CC(Sc1ccc(Cl)cc1)C(=O)NC1CCC(N)CC1. The van der Waals surface area contributed by atoms with Crippen LogP contribution in [0, 0.1) is 0 Å². The maximum Gasteiger partial charge on any atom is 0.233 e. The first-order chi connectivity index (χ1) is 9.54. The normalized spacial score (nSPS) is 24.1. The lowest BCUT2D eigenvalue weighted by molar-refractivity contribution is -0.121. The second-order valence-electron chi connectivity index (χ2n) is 5.33. The van der Waals surface area contributed by atoms with Crippen LogP contribution < -0.4 is 11.1 Å². The number of hydrogen-bond donors (Lipinski definition) is 2. The predicted octanol–water partition coefficient (Wildman–Crippen LogP) is 3.21. The minimum atomic E-state index is -0.105. The third-order valence-electron chi connectivity index (χ3n) is 3.61.